The van der Waals surface area contributed by atoms with Crippen molar-refractivity contribution in [2.24, 2.45) is 0 Å². The summed E-state index contributed by atoms with van der Waals surface area (Å²) in [4.78, 5) is 13.4. The summed E-state index contributed by atoms with van der Waals surface area (Å²) in [6.45, 7) is 0. The van der Waals surface area contributed by atoms with E-state index >= 15 is 0 Å². The fraction of sp³-hybridized carbons (Fsp3) is 0.353. The molecule has 28 heavy (non-hydrogen) atoms. The number of hydrogen-bond donors (Lipinski definition) is 0. The fourth-order valence-corrected chi connectivity index (χ4v) is 3.48. The van der Waals surface area contributed by atoms with Crippen LogP contribution in [-0.4, -0.2) is 43.8 Å². The fourth-order valence-electron chi connectivity index (χ4n) is 2.62. The second-order valence-electron chi connectivity index (χ2n) is 6.53. The van der Waals surface area contributed by atoms with Gasteiger partial charge in [0.25, 0.3) is 0 Å². The van der Waals surface area contributed by atoms with E-state index < -0.39 is 11.9 Å². The van der Waals surface area contributed by atoms with Gasteiger partial charge < -0.3 is 4.90 Å². The molecule has 1 saturated carbocycles. The lowest BCUT2D eigenvalue weighted by Crippen LogP contribution is -2.16. The van der Waals surface area contributed by atoms with Crippen molar-refractivity contribution in [1.82, 2.24) is 29.7 Å². The number of halogens is 3. The topological polar surface area (TPSA) is 72.6 Å². The number of pyridine rings is 1. The molecule has 0 atom stereocenters. The molecule has 1 aliphatic rings. The van der Waals surface area contributed by atoms with Gasteiger partial charge in [-0.2, -0.15) is 13.2 Å². The number of anilines is 1. The van der Waals surface area contributed by atoms with Crippen LogP contribution in [0.3, 0.4) is 0 Å². The maximum absolute atomic E-state index is 13.2. The van der Waals surface area contributed by atoms with Crippen LogP contribution in [0.4, 0.5) is 19.0 Å². The minimum Gasteiger partial charge on any atom is -0.363 e. The van der Waals surface area contributed by atoms with Crippen LogP contribution in [0.1, 0.15) is 24.6 Å². The van der Waals surface area contributed by atoms with Crippen molar-refractivity contribution < 1.29 is 13.2 Å². The Morgan fingerprint density at radius 2 is 1.82 bits per heavy atom. The molecule has 146 valence electrons. The van der Waals surface area contributed by atoms with E-state index in [2.05, 4.69) is 25.1 Å². The average Bonchev–Trinajstić information content (AvgIpc) is 3.42. The lowest BCUT2D eigenvalue weighted by atomic mass is 10.2. The minimum absolute atomic E-state index is 0.0193. The van der Waals surface area contributed by atoms with Crippen LogP contribution in [0, 0.1) is 0 Å². The molecule has 0 unspecified atom stereocenters. The molecule has 1 aliphatic carbocycles. The highest BCUT2D eigenvalue weighted by Crippen LogP contribution is 2.42. The van der Waals surface area contributed by atoms with Crippen LogP contribution < -0.4 is 4.90 Å². The molecule has 0 amide bonds. The molecule has 0 N–H and O–H groups in total. The van der Waals surface area contributed by atoms with Crippen LogP contribution in [0.2, 0.25) is 0 Å². The van der Waals surface area contributed by atoms with Crippen LogP contribution in [0.15, 0.2) is 40.9 Å². The molecule has 3 aromatic rings. The molecule has 0 aromatic carbocycles. The standard InChI is InChI=1S/C17H16F3N7S/c1-26(2)13-9-12(17(18,19)20)22-15(23-13)28-16-25-24-14(27(16)11-3-4-11)10-5-7-21-8-6-10/h5-9,11H,3-4H2,1-2H3. The van der Waals surface area contributed by atoms with Crippen LogP contribution in [0.5, 0.6) is 0 Å². The largest absolute Gasteiger partial charge is 0.433 e. The Hall–Kier alpha value is -2.69. The van der Waals surface area contributed by atoms with Crippen molar-refractivity contribution in [1.29, 1.82) is 0 Å². The molecular formula is C17H16F3N7S. The van der Waals surface area contributed by atoms with E-state index in [1.165, 1.54) is 4.90 Å². The first-order valence-corrected chi connectivity index (χ1v) is 9.31. The molecule has 0 aliphatic heterocycles. The van der Waals surface area contributed by atoms with Gasteiger partial charge in [0.2, 0.25) is 0 Å². The predicted molar refractivity (Wildman–Crippen MR) is 97.0 cm³/mol. The molecule has 3 aromatic heterocycles. The molecule has 4 rings (SSSR count). The van der Waals surface area contributed by atoms with E-state index in [0.717, 1.165) is 36.2 Å². The highest BCUT2D eigenvalue weighted by Gasteiger charge is 2.35. The third kappa shape index (κ3) is 3.79. The quantitative estimate of drug-likeness (QED) is 0.597. The maximum Gasteiger partial charge on any atom is 0.433 e. The Labute approximate surface area is 163 Å². The number of alkyl halides is 3. The van der Waals surface area contributed by atoms with E-state index in [-0.39, 0.29) is 17.0 Å². The summed E-state index contributed by atoms with van der Waals surface area (Å²) >= 11 is 0.985. The molecule has 7 nitrogen and oxygen atoms in total. The van der Waals surface area contributed by atoms with E-state index in [1.807, 2.05) is 16.7 Å². The van der Waals surface area contributed by atoms with Gasteiger partial charge in [-0.05, 0) is 36.7 Å². The van der Waals surface area contributed by atoms with Gasteiger partial charge in [-0.3, -0.25) is 9.55 Å². The zero-order valence-corrected chi connectivity index (χ0v) is 15.9. The number of hydrogen-bond acceptors (Lipinski definition) is 7. The van der Waals surface area contributed by atoms with Gasteiger partial charge in [-0.1, -0.05) is 0 Å². The van der Waals surface area contributed by atoms with Gasteiger partial charge in [-0.15, -0.1) is 10.2 Å². The van der Waals surface area contributed by atoms with Gasteiger partial charge >= 0.3 is 6.18 Å². The lowest BCUT2D eigenvalue weighted by Gasteiger charge is -2.15. The highest BCUT2D eigenvalue weighted by molar-refractivity contribution is 7.99. The molecule has 1 fully saturated rings. The van der Waals surface area contributed by atoms with E-state index in [1.54, 1.807) is 26.5 Å². The summed E-state index contributed by atoms with van der Waals surface area (Å²) in [7, 11) is 3.26. The van der Waals surface area contributed by atoms with E-state index in [9.17, 15) is 13.2 Å². The Bertz CT molecular complexity index is 984. The van der Waals surface area contributed by atoms with Crippen LogP contribution >= 0.6 is 11.8 Å². The second kappa shape index (κ2) is 7.04. The van der Waals surface area contributed by atoms with Gasteiger partial charge in [0.1, 0.15) is 5.82 Å². The summed E-state index contributed by atoms with van der Waals surface area (Å²) < 4.78 is 41.7. The third-order valence-corrected chi connectivity index (χ3v) is 4.96. The monoisotopic (exact) mass is 407 g/mol. The highest BCUT2D eigenvalue weighted by atomic mass is 32.2. The SMILES string of the molecule is CN(C)c1cc(C(F)(F)F)nc(Sc2nnc(-c3ccncc3)n2C2CC2)n1. The van der Waals surface area contributed by atoms with Gasteiger partial charge in [0.15, 0.2) is 21.8 Å². The van der Waals surface area contributed by atoms with E-state index in [0.29, 0.717) is 11.0 Å². The molecule has 0 radical (unpaired) electrons. The first-order valence-electron chi connectivity index (χ1n) is 8.49. The average molecular weight is 407 g/mol. The Kier molecular flexibility index (Phi) is 4.69. The smallest absolute Gasteiger partial charge is 0.363 e. The van der Waals surface area contributed by atoms with Gasteiger partial charge in [-0.25, -0.2) is 9.97 Å². The minimum atomic E-state index is -4.56. The Morgan fingerprint density at radius 1 is 1.11 bits per heavy atom. The summed E-state index contributed by atoms with van der Waals surface area (Å²) in [6, 6.07) is 4.79. The molecule has 3 heterocycles. The first kappa shape index (κ1) is 18.7. The third-order valence-electron chi connectivity index (χ3n) is 4.14. The number of rotatable bonds is 5. The molecule has 11 heteroatoms. The summed E-state index contributed by atoms with van der Waals surface area (Å²) in [6.07, 6.45) is 0.697. The van der Waals surface area contributed by atoms with Crippen LogP contribution in [-0.2, 0) is 6.18 Å². The van der Waals surface area contributed by atoms with E-state index in [4.69, 9.17) is 0 Å². The zero-order chi connectivity index (χ0) is 19.9. The van der Waals surface area contributed by atoms with Crippen molar-refractivity contribution in [3.8, 4) is 11.4 Å². The molecule has 0 saturated heterocycles. The summed E-state index contributed by atoms with van der Waals surface area (Å²) in [5.74, 6) is 0.837. The number of aromatic nitrogens is 6. The molecular weight excluding hydrogens is 391 g/mol. The van der Waals surface area contributed by atoms with Crippen LogP contribution in [0.25, 0.3) is 11.4 Å². The molecule has 0 bridgehead atoms. The Balaban J connectivity index is 1.74. The predicted octanol–water partition coefficient (Wildman–Crippen LogP) is 3.70. The first-order chi connectivity index (χ1) is 13.3. The Morgan fingerprint density at radius 3 is 2.43 bits per heavy atom. The number of nitrogens with zero attached hydrogens (tertiary/aromatic N) is 7. The van der Waals surface area contributed by atoms with Gasteiger partial charge in [0, 0.05) is 44.2 Å². The second-order valence-corrected chi connectivity index (χ2v) is 7.47. The maximum atomic E-state index is 13.2. The normalized spacial score (nSPS) is 14.3. The van der Waals surface area contributed by atoms with Gasteiger partial charge in [0.05, 0.1) is 0 Å². The van der Waals surface area contributed by atoms with Crippen molar-refractivity contribution in [3.63, 3.8) is 0 Å². The lowest BCUT2D eigenvalue weighted by molar-refractivity contribution is -0.141. The summed E-state index contributed by atoms with van der Waals surface area (Å²) in [5.41, 5.74) is -0.138. The molecule has 0 spiro atoms. The van der Waals surface area contributed by atoms with Crippen molar-refractivity contribution in [2.75, 3.05) is 19.0 Å². The van der Waals surface area contributed by atoms with Crippen molar-refractivity contribution in [3.05, 3.63) is 36.3 Å². The summed E-state index contributed by atoms with van der Waals surface area (Å²) in [5, 5.41) is 8.90. The van der Waals surface area contributed by atoms with Crippen molar-refractivity contribution >= 4 is 17.6 Å². The van der Waals surface area contributed by atoms with Crippen molar-refractivity contribution in [2.45, 2.75) is 35.4 Å². The zero-order valence-electron chi connectivity index (χ0n) is 15.1.